The Morgan fingerprint density at radius 2 is 2.33 bits per heavy atom. The molecule has 0 rings (SSSR count). The average Bonchev–Trinajstić information content (AvgIpc) is 1.63. The van der Waals surface area contributed by atoms with Gasteiger partial charge in [0.05, 0.1) is 0 Å². The van der Waals surface area contributed by atoms with Gasteiger partial charge in [0.25, 0.3) is 5.91 Å². The van der Waals surface area contributed by atoms with Gasteiger partial charge in [0.15, 0.2) is 0 Å². The number of allylic oxidation sites excluding steroid dienone is 1. The Balaban J connectivity index is 3.64. The lowest BCUT2D eigenvalue weighted by Crippen LogP contribution is -2.21. The first-order valence-electron chi connectivity index (χ1n) is 2.43. The molecule has 0 heterocycles. The molecule has 2 nitrogen and oxygen atoms in total. The summed E-state index contributed by atoms with van der Waals surface area (Å²) in [4.78, 5) is 10.6. The number of hydrogen-bond acceptors (Lipinski definition) is 2. The van der Waals surface area contributed by atoms with E-state index in [1.807, 2.05) is 0 Å². The zero-order chi connectivity index (χ0) is 7.28. The lowest BCUT2D eigenvalue weighted by molar-refractivity contribution is -0.114. The summed E-state index contributed by atoms with van der Waals surface area (Å²) in [5, 5.41) is 0. The highest BCUT2D eigenvalue weighted by atomic mass is 32.8. The molecular weight excluding hydrogens is 154 g/mol. The molecule has 52 valence electrons. The molecule has 0 aromatic carbocycles. The van der Waals surface area contributed by atoms with Crippen molar-refractivity contribution in [2.24, 2.45) is 0 Å². The zero-order valence-electron chi connectivity index (χ0n) is 5.38. The molecule has 0 fully saturated rings. The van der Waals surface area contributed by atoms with Crippen molar-refractivity contribution in [3.63, 3.8) is 0 Å². The molecule has 1 N–H and O–H groups in total. The topological polar surface area (TPSA) is 29.1 Å². The molecule has 0 aromatic rings. The van der Waals surface area contributed by atoms with Crippen LogP contribution in [0.25, 0.3) is 0 Å². The van der Waals surface area contributed by atoms with Crippen LogP contribution in [-0.2, 0) is 25.6 Å². The molecule has 0 aromatic heterocycles. The Kier molecular flexibility index (Phi) is 4.53. The molecule has 0 aliphatic carbocycles. The molecule has 1 unspecified atom stereocenters. The predicted molar refractivity (Wildman–Crippen MR) is 43.6 cm³/mol. The maximum absolute atomic E-state index is 10.6. The lowest BCUT2D eigenvalue weighted by Gasteiger charge is -1.95. The second kappa shape index (κ2) is 4.64. The van der Waals surface area contributed by atoms with Crippen molar-refractivity contribution in [1.82, 2.24) is 4.72 Å². The van der Waals surface area contributed by atoms with Crippen molar-refractivity contribution in [3.8, 4) is 0 Å². The first-order valence-corrected chi connectivity index (χ1v) is 4.99. The van der Waals surface area contributed by atoms with Crippen molar-refractivity contribution in [1.29, 1.82) is 0 Å². The van der Waals surface area contributed by atoms with Gasteiger partial charge in [-0.15, -0.1) is 0 Å². The number of hydrogen-bond donors (Lipinski definition) is 1. The number of carbonyl (C=O) groups is 1. The van der Waals surface area contributed by atoms with Crippen LogP contribution < -0.4 is 4.72 Å². The van der Waals surface area contributed by atoms with Crippen molar-refractivity contribution in [2.75, 3.05) is 6.26 Å². The molecular formula is C5H9NOS2. The number of nitrogens with one attached hydrogen (secondary N) is 1. The van der Waals surface area contributed by atoms with Crippen LogP contribution in [0.1, 0.15) is 6.92 Å². The first kappa shape index (κ1) is 8.78. The van der Waals surface area contributed by atoms with Crippen LogP contribution >= 0.6 is 0 Å². The Bertz CT molecular complexity index is 153. The fourth-order valence-electron chi connectivity index (χ4n) is 0.327. The van der Waals surface area contributed by atoms with E-state index in [-0.39, 0.29) is 5.91 Å². The first-order chi connectivity index (χ1) is 4.16. The lowest BCUT2D eigenvalue weighted by atomic mass is 10.5. The number of amides is 1. The minimum absolute atomic E-state index is 0.113. The SMILES string of the molecule is C/C=C/C(=O)NS(C)=S. The Morgan fingerprint density at radius 3 is 2.67 bits per heavy atom. The Morgan fingerprint density at radius 1 is 1.78 bits per heavy atom. The van der Waals surface area contributed by atoms with E-state index in [0.717, 1.165) is 0 Å². The molecule has 0 saturated carbocycles. The zero-order valence-corrected chi connectivity index (χ0v) is 7.01. The maximum Gasteiger partial charge on any atom is 0.253 e. The second-order valence-corrected chi connectivity index (χ2v) is 4.03. The molecule has 0 saturated heterocycles. The van der Waals surface area contributed by atoms with Gasteiger partial charge < -0.3 is 0 Å². The largest absolute Gasteiger partial charge is 0.294 e. The summed E-state index contributed by atoms with van der Waals surface area (Å²) in [5.41, 5.74) is 0. The maximum atomic E-state index is 10.6. The van der Waals surface area contributed by atoms with Gasteiger partial charge in [0.2, 0.25) is 0 Å². The molecule has 0 bridgehead atoms. The van der Waals surface area contributed by atoms with E-state index in [0.29, 0.717) is 0 Å². The Hall–Kier alpha value is -0.220. The van der Waals surface area contributed by atoms with Gasteiger partial charge >= 0.3 is 0 Å². The van der Waals surface area contributed by atoms with Crippen LogP contribution in [0.15, 0.2) is 12.2 Å². The van der Waals surface area contributed by atoms with Crippen molar-refractivity contribution < 1.29 is 4.79 Å². The molecule has 4 heteroatoms. The van der Waals surface area contributed by atoms with Crippen LogP contribution in [-0.4, -0.2) is 12.2 Å². The van der Waals surface area contributed by atoms with Gasteiger partial charge in [-0.2, -0.15) is 0 Å². The molecule has 1 atom stereocenters. The van der Waals surface area contributed by atoms with E-state index < -0.39 is 9.64 Å². The van der Waals surface area contributed by atoms with Crippen LogP contribution in [0.2, 0.25) is 0 Å². The van der Waals surface area contributed by atoms with E-state index in [9.17, 15) is 4.79 Å². The van der Waals surface area contributed by atoms with Crippen molar-refractivity contribution in [2.45, 2.75) is 6.92 Å². The number of rotatable bonds is 2. The summed E-state index contributed by atoms with van der Waals surface area (Å²) in [6, 6.07) is 0. The van der Waals surface area contributed by atoms with E-state index >= 15 is 0 Å². The van der Waals surface area contributed by atoms with Crippen molar-refractivity contribution in [3.05, 3.63) is 12.2 Å². The molecule has 9 heavy (non-hydrogen) atoms. The summed E-state index contributed by atoms with van der Waals surface area (Å²) in [5.74, 6) is -0.113. The normalized spacial score (nSPS) is 13.6. The van der Waals surface area contributed by atoms with Gasteiger partial charge in [0, 0.05) is 6.26 Å². The van der Waals surface area contributed by atoms with Crippen LogP contribution in [0.4, 0.5) is 0 Å². The summed E-state index contributed by atoms with van der Waals surface area (Å²) in [6.45, 7) is 1.79. The highest BCUT2D eigenvalue weighted by Crippen LogP contribution is 1.72. The summed E-state index contributed by atoms with van der Waals surface area (Å²) < 4.78 is 2.56. The smallest absolute Gasteiger partial charge is 0.253 e. The van der Waals surface area contributed by atoms with Gasteiger partial charge in [-0.3, -0.25) is 9.52 Å². The fraction of sp³-hybridized carbons (Fsp3) is 0.400. The number of carbonyl (C=O) groups excluding carboxylic acids is 1. The van der Waals surface area contributed by atoms with Gasteiger partial charge in [-0.1, -0.05) is 6.08 Å². The standard InChI is InChI=1S/C5H9NOS2/c1-3-4-5(7)6-9(2)8/h3-4H,1-2H3,(H,6,7)/b4-3+. The third kappa shape index (κ3) is 5.65. The van der Waals surface area contributed by atoms with Crippen LogP contribution in [0.5, 0.6) is 0 Å². The second-order valence-electron chi connectivity index (χ2n) is 1.42. The quantitative estimate of drug-likeness (QED) is 0.593. The predicted octanol–water partition coefficient (Wildman–Crippen LogP) is 0.304. The molecule has 0 spiro atoms. The third-order valence-electron chi connectivity index (χ3n) is 0.562. The van der Waals surface area contributed by atoms with E-state index in [4.69, 9.17) is 11.2 Å². The van der Waals surface area contributed by atoms with E-state index in [2.05, 4.69) is 4.72 Å². The average molecular weight is 163 g/mol. The molecule has 0 aliphatic rings. The van der Waals surface area contributed by atoms with E-state index in [1.54, 1.807) is 19.3 Å². The third-order valence-corrected chi connectivity index (χ3v) is 1.30. The van der Waals surface area contributed by atoms with Crippen molar-refractivity contribution >= 4 is 26.7 Å². The summed E-state index contributed by atoms with van der Waals surface area (Å²) in [6.07, 6.45) is 4.91. The minimum Gasteiger partial charge on any atom is -0.294 e. The summed E-state index contributed by atoms with van der Waals surface area (Å²) >= 11 is 4.73. The molecule has 1 amide bonds. The highest BCUT2D eigenvalue weighted by Gasteiger charge is 1.90. The molecule has 0 radical (unpaired) electrons. The van der Waals surface area contributed by atoms with Crippen LogP contribution in [0, 0.1) is 0 Å². The highest BCUT2D eigenvalue weighted by molar-refractivity contribution is 8.27. The van der Waals surface area contributed by atoms with Crippen LogP contribution in [0.3, 0.4) is 0 Å². The Labute approximate surface area is 62.1 Å². The van der Waals surface area contributed by atoms with Gasteiger partial charge in [0.1, 0.15) is 0 Å². The molecule has 0 aliphatic heterocycles. The monoisotopic (exact) mass is 163 g/mol. The van der Waals surface area contributed by atoms with Gasteiger partial charge in [-0.05, 0) is 33.8 Å². The van der Waals surface area contributed by atoms with E-state index in [1.165, 1.54) is 6.08 Å². The minimum atomic E-state index is -0.415. The van der Waals surface area contributed by atoms with Gasteiger partial charge in [-0.25, -0.2) is 0 Å². The fourth-order valence-corrected chi connectivity index (χ4v) is 0.925. The summed E-state index contributed by atoms with van der Waals surface area (Å²) in [7, 11) is -0.415.